The number of aliphatic hydroxyl groups excluding tert-OH is 1. The molecule has 1 atom stereocenters. The van der Waals surface area contributed by atoms with E-state index in [-0.39, 0.29) is 24.2 Å². The molecule has 0 fully saturated rings. The molecule has 1 aromatic heterocycles. The van der Waals surface area contributed by atoms with Crippen LogP contribution in [0.25, 0.3) is 0 Å². The first kappa shape index (κ1) is 16.1. The molecular formula is C17H19FN2O2. The van der Waals surface area contributed by atoms with Crippen molar-refractivity contribution in [1.82, 2.24) is 4.98 Å². The molecule has 0 saturated heterocycles. The summed E-state index contributed by atoms with van der Waals surface area (Å²) in [4.78, 5) is 16.0. The van der Waals surface area contributed by atoms with Gasteiger partial charge in [-0.25, -0.2) is 4.39 Å². The van der Waals surface area contributed by atoms with Crippen molar-refractivity contribution in [2.45, 2.75) is 26.4 Å². The topological polar surface area (TPSA) is 62.2 Å². The number of halogens is 1. The van der Waals surface area contributed by atoms with Gasteiger partial charge in [-0.15, -0.1) is 0 Å². The maximum atomic E-state index is 13.1. The molecule has 4 nitrogen and oxygen atoms in total. The molecule has 0 radical (unpaired) electrons. The maximum Gasteiger partial charge on any atom is 0.224 e. The van der Waals surface area contributed by atoms with Crippen LogP contribution in [0.5, 0.6) is 0 Å². The summed E-state index contributed by atoms with van der Waals surface area (Å²) in [6.07, 6.45) is 2.52. The van der Waals surface area contributed by atoms with E-state index in [0.717, 1.165) is 5.56 Å². The molecule has 1 amide bonds. The lowest BCUT2D eigenvalue weighted by molar-refractivity contribution is -0.116. The van der Waals surface area contributed by atoms with E-state index in [0.29, 0.717) is 24.2 Å². The number of benzene rings is 1. The molecule has 2 N–H and O–H groups in total. The van der Waals surface area contributed by atoms with E-state index < -0.39 is 0 Å². The highest BCUT2D eigenvalue weighted by Gasteiger charge is 2.11. The Hall–Kier alpha value is -2.27. The second kappa shape index (κ2) is 7.66. The molecule has 0 bridgehead atoms. The molecule has 0 spiro atoms. The summed E-state index contributed by atoms with van der Waals surface area (Å²) >= 11 is 0. The third-order valence-electron chi connectivity index (χ3n) is 3.27. The van der Waals surface area contributed by atoms with Gasteiger partial charge in [-0.05, 0) is 42.2 Å². The first-order chi connectivity index (χ1) is 10.6. The van der Waals surface area contributed by atoms with Crippen LogP contribution in [0.3, 0.4) is 0 Å². The Labute approximate surface area is 129 Å². The monoisotopic (exact) mass is 302 g/mol. The molecule has 0 aliphatic rings. The minimum Gasteiger partial charge on any atom is -0.390 e. The first-order valence-corrected chi connectivity index (χ1v) is 7.17. The van der Waals surface area contributed by atoms with Gasteiger partial charge >= 0.3 is 0 Å². The van der Waals surface area contributed by atoms with Gasteiger partial charge in [0.25, 0.3) is 0 Å². The molecule has 2 rings (SSSR count). The standard InChI is InChI=1S/C17H19FN2O2/c1-12(7-13-3-2-4-14(18)9-13)8-17(22)20-15-5-6-19-16(10-15)11-21/h2-6,9-10,12,21H,7-8,11H2,1H3,(H,19,20,22). The first-order valence-electron chi connectivity index (χ1n) is 7.17. The Morgan fingerprint density at radius 1 is 1.36 bits per heavy atom. The van der Waals surface area contributed by atoms with Gasteiger partial charge in [0.1, 0.15) is 5.82 Å². The Morgan fingerprint density at radius 2 is 2.18 bits per heavy atom. The molecule has 116 valence electrons. The molecule has 1 aromatic carbocycles. The highest BCUT2D eigenvalue weighted by Crippen LogP contribution is 2.15. The molecule has 0 aliphatic carbocycles. The number of aliphatic hydroxyl groups is 1. The van der Waals surface area contributed by atoms with E-state index in [9.17, 15) is 9.18 Å². The summed E-state index contributed by atoms with van der Waals surface area (Å²) in [6.45, 7) is 1.79. The predicted octanol–water partition coefficient (Wildman–Crippen LogP) is 2.92. The number of hydrogen-bond acceptors (Lipinski definition) is 3. The number of hydrogen-bond donors (Lipinski definition) is 2. The van der Waals surface area contributed by atoms with E-state index in [4.69, 9.17) is 5.11 Å². The lowest BCUT2D eigenvalue weighted by Gasteiger charge is -2.12. The summed E-state index contributed by atoms with van der Waals surface area (Å²) in [5.41, 5.74) is 2.00. The fraction of sp³-hybridized carbons (Fsp3) is 0.294. The fourth-order valence-corrected chi connectivity index (χ4v) is 2.31. The minimum absolute atomic E-state index is 0.0981. The van der Waals surface area contributed by atoms with Crippen molar-refractivity contribution < 1.29 is 14.3 Å². The Morgan fingerprint density at radius 3 is 2.91 bits per heavy atom. The number of aromatic nitrogens is 1. The quantitative estimate of drug-likeness (QED) is 0.862. The number of anilines is 1. The zero-order valence-electron chi connectivity index (χ0n) is 12.4. The zero-order chi connectivity index (χ0) is 15.9. The largest absolute Gasteiger partial charge is 0.390 e. The van der Waals surface area contributed by atoms with Crippen LogP contribution in [0.4, 0.5) is 10.1 Å². The van der Waals surface area contributed by atoms with Crippen LogP contribution < -0.4 is 5.32 Å². The van der Waals surface area contributed by atoms with E-state index in [2.05, 4.69) is 10.3 Å². The molecule has 1 heterocycles. The second-order valence-electron chi connectivity index (χ2n) is 5.39. The zero-order valence-corrected chi connectivity index (χ0v) is 12.4. The Balaban J connectivity index is 1.88. The maximum absolute atomic E-state index is 13.1. The SMILES string of the molecule is CC(CC(=O)Nc1ccnc(CO)c1)Cc1cccc(F)c1. The number of carbonyl (C=O) groups excluding carboxylic acids is 1. The van der Waals surface area contributed by atoms with E-state index >= 15 is 0 Å². The number of pyridine rings is 1. The van der Waals surface area contributed by atoms with Crippen molar-refractivity contribution in [1.29, 1.82) is 0 Å². The summed E-state index contributed by atoms with van der Waals surface area (Å²) in [7, 11) is 0. The third kappa shape index (κ3) is 4.93. The van der Waals surface area contributed by atoms with Crippen LogP contribution >= 0.6 is 0 Å². The summed E-state index contributed by atoms with van der Waals surface area (Å²) in [6, 6.07) is 9.73. The minimum atomic E-state index is -0.262. The highest BCUT2D eigenvalue weighted by atomic mass is 19.1. The van der Waals surface area contributed by atoms with Gasteiger partial charge in [0, 0.05) is 18.3 Å². The molecule has 22 heavy (non-hydrogen) atoms. The van der Waals surface area contributed by atoms with Crippen molar-refractivity contribution in [3.63, 3.8) is 0 Å². The van der Waals surface area contributed by atoms with Crippen LogP contribution in [0, 0.1) is 11.7 Å². The van der Waals surface area contributed by atoms with Crippen LogP contribution in [-0.4, -0.2) is 16.0 Å². The van der Waals surface area contributed by atoms with Crippen molar-refractivity contribution in [2.75, 3.05) is 5.32 Å². The molecule has 2 aromatic rings. The fourth-order valence-electron chi connectivity index (χ4n) is 2.31. The Kier molecular flexibility index (Phi) is 5.61. The van der Waals surface area contributed by atoms with Crippen LogP contribution in [0.15, 0.2) is 42.6 Å². The van der Waals surface area contributed by atoms with Crippen molar-refractivity contribution >= 4 is 11.6 Å². The Bertz CT molecular complexity index is 646. The normalized spacial score (nSPS) is 12.0. The predicted molar refractivity (Wildman–Crippen MR) is 82.7 cm³/mol. The molecule has 1 unspecified atom stereocenters. The molecule has 0 aliphatic heterocycles. The highest BCUT2D eigenvalue weighted by molar-refractivity contribution is 5.90. The summed E-state index contributed by atoms with van der Waals surface area (Å²) in [5.74, 6) is -0.276. The van der Waals surface area contributed by atoms with Gasteiger partial charge in [0.15, 0.2) is 0 Å². The summed E-state index contributed by atoms with van der Waals surface area (Å²) in [5, 5.41) is 11.8. The number of nitrogens with zero attached hydrogens (tertiary/aromatic N) is 1. The average Bonchev–Trinajstić information content (AvgIpc) is 2.47. The number of carbonyl (C=O) groups is 1. The lowest BCUT2D eigenvalue weighted by atomic mass is 9.97. The summed E-state index contributed by atoms with van der Waals surface area (Å²) < 4.78 is 13.1. The molecule has 0 saturated carbocycles. The van der Waals surface area contributed by atoms with E-state index in [1.54, 1.807) is 18.2 Å². The van der Waals surface area contributed by atoms with Crippen molar-refractivity contribution in [3.05, 3.63) is 59.7 Å². The van der Waals surface area contributed by atoms with Crippen LogP contribution in [0.1, 0.15) is 24.6 Å². The van der Waals surface area contributed by atoms with Crippen molar-refractivity contribution in [2.24, 2.45) is 5.92 Å². The number of rotatable bonds is 6. The van der Waals surface area contributed by atoms with Gasteiger partial charge in [0.2, 0.25) is 5.91 Å². The average molecular weight is 302 g/mol. The van der Waals surface area contributed by atoms with Crippen LogP contribution in [-0.2, 0) is 17.8 Å². The smallest absolute Gasteiger partial charge is 0.224 e. The van der Waals surface area contributed by atoms with E-state index in [1.165, 1.54) is 18.3 Å². The number of amides is 1. The van der Waals surface area contributed by atoms with Gasteiger partial charge in [-0.1, -0.05) is 19.1 Å². The lowest BCUT2D eigenvalue weighted by Crippen LogP contribution is -2.16. The van der Waals surface area contributed by atoms with E-state index in [1.807, 2.05) is 13.0 Å². The van der Waals surface area contributed by atoms with Gasteiger partial charge in [0.05, 0.1) is 12.3 Å². The number of nitrogens with one attached hydrogen (secondary N) is 1. The van der Waals surface area contributed by atoms with Gasteiger partial charge < -0.3 is 10.4 Å². The molecular weight excluding hydrogens is 283 g/mol. The van der Waals surface area contributed by atoms with Crippen LogP contribution in [0.2, 0.25) is 0 Å². The van der Waals surface area contributed by atoms with Gasteiger partial charge in [-0.2, -0.15) is 0 Å². The third-order valence-corrected chi connectivity index (χ3v) is 3.27. The van der Waals surface area contributed by atoms with Crippen molar-refractivity contribution in [3.8, 4) is 0 Å². The molecule has 5 heteroatoms. The van der Waals surface area contributed by atoms with Gasteiger partial charge in [-0.3, -0.25) is 9.78 Å². The second-order valence-corrected chi connectivity index (χ2v) is 5.39.